The number of ketones is 1. The molecule has 2 aromatic carbocycles. The maximum Gasteiger partial charge on any atom is 0.294 e. The molecule has 0 aliphatic rings. The number of Topliss-reactive ketones (excluding diaryl/α,β-unsaturated/α-hetero) is 1. The fourth-order valence-electron chi connectivity index (χ4n) is 3.05. The van der Waals surface area contributed by atoms with Crippen molar-refractivity contribution in [2.24, 2.45) is 0 Å². The molecule has 0 atom stereocenters. The Kier molecular flexibility index (Phi) is 7.19. The highest BCUT2D eigenvalue weighted by Gasteiger charge is 2.27. The summed E-state index contributed by atoms with van der Waals surface area (Å²) in [5.74, 6) is -1.37. The second kappa shape index (κ2) is 9.65. The van der Waals surface area contributed by atoms with Gasteiger partial charge < -0.3 is 5.32 Å². The van der Waals surface area contributed by atoms with E-state index in [1.54, 1.807) is 41.9 Å². The van der Waals surface area contributed by atoms with Crippen molar-refractivity contribution in [3.05, 3.63) is 68.8 Å². The van der Waals surface area contributed by atoms with Crippen LogP contribution in [0.25, 0.3) is 16.9 Å². The zero-order valence-electron chi connectivity index (χ0n) is 16.5. The van der Waals surface area contributed by atoms with E-state index in [1.807, 2.05) is 19.1 Å². The Morgan fingerprint density at radius 3 is 2.33 bits per heavy atom. The summed E-state index contributed by atoms with van der Waals surface area (Å²) in [6.07, 6.45) is 1.71. The zero-order chi connectivity index (χ0) is 21.8. The molecule has 1 amide bonds. The molecule has 1 N–H and O–H groups in total. The van der Waals surface area contributed by atoms with Crippen LogP contribution in [0.5, 0.6) is 0 Å². The van der Waals surface area contributed by atoms with Crippen molar-refractivity contribution in [3.63, 3.8) is 0 Å². The van der Waals surface area contributed by atoms with Gasteiger partial charge in [-0.3, -0.25) is 9.59 Å². The van der Waals surface area contributed by atoms with E-state index in [4.69, 9.17) is 34.8 Å². The van der Waals surface area contributed by atoms with E-state index in [9.17, 15) is 9.59 Å². The average molecular weight is 465 g/mol. The van der Waals surface area contributed by atoms with Crippen LogP contribution in [0.4, 0.5) is 0 Å². The largest absolute Gasteiger partial charge is 0.349 e. The monoisotopic (exact) mass is 463 g/mol. The molecule has 156 valence electrons. The number of benzene rings is 2. The molecule has 3 rings (SSSR count). The van der Waals surface area contributed by atoms with E-state index >= 15 is 0 Å². The molecule has 0 saturated heterocycles. The molecule has 1 heterocycles. The second-order valence-corrected chi connectivity index (χ2v) is 8.06. The molecule has 0 fully saturated rings. The number of rotatable bonds is 7. The van der Waals surface area contributed by atoms with Crippen molar-refractivity contribution in [2.45, 2.75) is 26.7 Å². The molecule has 0 saturated carbocycles. The third kappa shape index (κ3) is 4.69. The van der Waals surface area contributed by atoms with Gasteiger partial charge in [-0.15, -0.1) is 0 Å². The third-order valence-corrected chi connectivity index (χ3v) is 5.40. The number of unbranched alkanes of at least 4 members (excludes halogenated alkanes) is 1. The van der Waals surface area contributed by atoms with Crippen LogP contribution in [0.3, 0.4) is 0 Å². The predicted octanol–water partition coefficient (Wildman–Crippen LogP) is 5.91. The van der Waals surface area contributed by atoms with Gasteiger partial charge in [-0.05, 0) is 43.7 Å². The first-order valence-corrected chi connectivity index (χ1v) is 10.6. The first-order valence-electron chi connectivity index (χ1n) is 9.47. The minimum atomic E-state index is -0.692. The Morgan fingerprint density at radius 1 is 1.03 bits per heavy atom. The van der Waals surface area contributed by atoms with Crippen molar-refractivity contribution in [2.75, 3.05) is 6.54 Å². The van der Waals surface area contributed by atoms with Gasteiger partial charge in [-0.2, -0.15) is 5.10 Å². The standard InChI is InChI=1S/C22H20Cl3N3O2/c1-3-4-11-26-22(30)21(29)19-13(2)20(14-5-7-15(23)8-6-14)28(27-19)18-10-9-16(24)12-17(18)25/h5-10,12H,3-4,11H2,1-2H3,(H,26,30). The maximum atomic E-state index is 12.8. The zero-order valence-corrected chi connectivity index (χ0v) is 18.8. The molecule has 5 nitrogen and oxygen atoms in total. The van der Waals surface area contributed by atoms with Crippen LogP contribution in [0, 0.1) is 6.92 Å². The summed E-state index contributed by atoms with van der Waals surface area (Å²) in [6.45, 7) is 4.20. The Bertz CT molecular complexity index is 1090. The molecule has 1 aromatic heterocycles. The number of hydrogen-bond donors (Lipinski definition) is 1. The lowest BCUT2D eigenvalue weighted by Crippen LogP contribution is -2.32. The van der Waals surface area contributed by atoms with E-state index in [-0.39, 0.29) is 5.69 Å². The lowest BCUT2D eigenvalue weighted by atomic mass is 10.0. The molecule has 8 heteroatoms. The molecule has 0 aliphatic carbocycles. The quantitative estimate of drug-likeness (QED) is 0.269. The third-order valence-electron chi connectivity index (χ3n) is 4.61. The van der Waals surface area contributed by atoms with Crippen LogP contribution in [-0.4, -0.2) is 28.0 Å². The van der Waals surface area contributed by atoms with Gasteiger partial charge in [0.25, 0.3) is 11.7 Å². The Hall–Kier alpha value is -2.34. The fourth-order valence-corrected chi connectivity index (χ4v) is 3.67. The minimum absolute atomic E-state index is 0.0694. The first kappa shape index (κ1) is 22.3. The second-order valence-electron chi connectivity index (χ2n) is 6.78. The average Bonchev–Trinajstić information content (AvgIpc) is 3.05. The van der Waals surface area contributed by atoms with Gasteiger partial charge >= 0.3 is 0 Å². The number of halogens is 3. The summed E-state index contributed by atoms with van der Waals surface area (Å²) in [5.41, 5.74) is 2.60. The van der Waals surface area contributed by atoms with Crippen molar-refractivity contribution < 1.29 is 9.59 Å². The van der Waals surface area contributed by atoms with E-state index in [1.165, 1.54) is 0 Å². The molecule has 0 spiro atoms. The Labute approximate surface area is 189 Å². The molecule has 0 aliphatic heterocycles. The normalized spacial score (nSPS) is 10.8. The van der Waals surface area contributed by atoms with Crippen LogP contribution in [0.1, 0.15) is 35.8 Å². The van der Waals surface area contributed by atoms with E-state index in [0.29, 0.717) is 38.6 Å². The SMILES string of the molecule is CCCCNC(=O)C(=O)c1nn(-c2ccc(Cl)cc2Cl)c(-c2ccc(Cl)cc2)c1C. The highest BCUT2D eigenvalue weighted by Crippen LogP contribution is 2.33. The number of carbonyl (C=O) groups is 2. The summed E-state index contributed by atoms with van der Waals surface area (Å²) in [7, 11) is 0. The molecule has 3 aromatic rings. The van der Waals surface area contributed by atoms with Crippen molar-refractivity contribution in [3.8, 4) is 16.9 Å². The minimum Gasteiger partial charge on any atom is -0.349 e. The molecule has 0 unspecified atom stereocenters. The van der Waals surface area contributed by atoms with Gasteiger partial charge in [-0.1, -0.05) is 60.3 Å². The van der Waals surface area contributed by atoms with Gasteiger partial charge in [-0.25, -0.2) is 4.68 Å². The van der Waals surface area contributed by atoms with Crippen LogP contribution in [0.15, 0.2) is 42.5 Å². The number of amides is 1. The van der Waals surface area contributed by atoms with Crippen LogP contribution < -0.4 is 5.32 Å². The summed E-state index contributed by atoms with van der Waals surface area (Å²) in [4.78, 5) is 25.2. The number of hydrogen-bond acceptors (Lipinski definition) is 3. The summed E-state index contributed by atoms with van der Waals surface area (Å²) < 4.78 is 1.56. The van der Waals surface area contributed by atoms with Gasteiger partial charge in [0, 0.05) is 27.7 Å². The molecular weight excluding hydrogens is 445 g/mol. The maximum absolute atomic E-state index is 12.8. The number of nitrogens with one attached hydrogen (secondary N) is 1. The van der Waals surface area contributed by atoms with Crippen molar-refractivity contribution >= 4 is 46.5 Å². The first-order chi connectivity index (χ1) is 14.3. The van der Waals surface area contributed by atoms with Gasteiger partial charge in [0.1, 0.15) is 5.69 Å². The summed E-state index contributed by atoms with van der Waals surface area (Å²) in [5, 5.41) is 8.54. The summed E-state index contributed by atoms with van der Waals surface area (Å²) in [6, 6.07) is 12.1. The summed E-state index contributed by atoms with van der Waals surface area (Å²) >= 11 is 18.5. The highest BCUT2D eigenvalue weighted by atomic mass is 35.5. The highest BCUT2D eigenvalue weighted by molar-refractivity contribution is 6.42. The number of carbonyl (C=O) groups excluding carboxylic acids is 2. The van der Waals surface area contributed by atoms with Gasteiger partial charge in [0.2, 0.25) is 0 Å². The van der Waals surface area contributed by atoms with E-state index < -0.39 is 11.7 Å². The van der Waals surface area contributed by atoms with E-state index in [0.717, 1.165) is 18.4 Å². The lowest BCUT2D eigenvalue weighted by Gasteiger charge is -2.11. The Morgan fingerprint density at radius 2 is 1.70 bits per heavy atom. The number of nitrogens with zero attached hydrogens (tertiary/aromatic N) is 2. The Balaban J connectivity index is 2.13. The molecule has 0 radical (unpaired) electrons. The van der Waals surface area contributed by atoms with Crippen LogP contribution >= 0.6 is 34.8 Å². The molecule has 0 bridgehead atoms. The topological polar surface area (TPSA) is 64.0 Å². The molecular formula is C22H20Cl3N3O2. The van der Waals surface area contributed by atoms with Crippen molar-refractivity contribution in [1.29, 1.82) is 0 Å². The smallest absolute Gasteiger partial charge is 0.294 e. The predicted molar refractivity (Wildman–Crippen MR) is 121 cm³/mol. The van der Waals surface area contributed by atoms with Crippen LogP contribution in [-0.2, 0) is 4.79 Å². The fraction of sp³-hybridized carbons (Fsp3) is 0.227. The number of aromatic nitrogens is 2. The van der Waals surface area contributed by atoms with Gasteiger partial charge in [0.15, 0.2) is 0 Å². The van der Waals surface area contributed by atoms with E-state index in [2.05, 4.69) is 10.4 Å². The van der Waals surface area contributed by atoms with Crippen LogP contribution in [0.2, 0.25) is 15.1 Å². The molecule has 30 heavy (non-hydrogen) atoms. The van der Waals surface area contributed by atoms with Gasteiger partial charge in [0.05, 0.1) is 16.4 Å². The van der Waals surface area contributed by atoms with Crippen molar-refractivity contribution in [1.82, 2.24) is 15.1 Å². The lowest BCUT2D eigenvalue weighted by molar-refractivity contribution is -0.117.